The molecule has 1 aliphatic heterocycles. The summed E-state index contributed by atoms with van der Waals surface area (Å²) in [7, 11) is 0. The van der Waals surface area contributed by atoms with E-state index in [-0.39, 0.29) is 6.61 Å². The van der Waals surface area contributed by atoms with Gasteiger partial charge >= 0.3 is 17.6 Å². The number of H-pyrrole nitrogens is 1. The highest BCUT2D eigenvalue weighted by Crippen LogP contribution is 2.40. The molecule has 2 rings (SSSR count). The lowest BCUT2D eigenvalue weighted by Gasteiger charge is -2.29. The predicted molar refractivity (Wildman–Crippen MR) is 104 cm³/mol. The monoisotopic (exact) mass is 442 g/mol. The van der Waals surface area contributed by atoms with Crippen LogP contribution in [0.3, 0.4) is 0 Å². The lowest BCUT2D eigenvalue weighted by Crippen LogP contribution is -2.50. The van der Waals surface area contributed by atoms with Crippen LogP contribution >= 0.6 is 11.6 Å². The number of esters is 2. The Morgan fingerprint density at radius 1 is 1.30 bits per heavy atom. The van der Waals surface area contributed by atoms with Gasteiger partial charge in [0.05, 0.1) is 11.8 Å². The van der Waals surface area contributed by atoms with E-state index in [9.17, 15) is 24.3 Å². The van der Waals surface area contributed by atoms with Crippen molar-refractivity contribution in [3.63, 3.8) is 0 Å². The SMILES string of the molecule is CC(C)C(=O)OC[C@H]1O[C@@H](n2ccc(=O)[nH]c2=O)[C@@](O)(C#CCl)[C@@H]1OC(=O)C(C)C. The summed E-state index contributed by atoms with van der Waals surface area (Å²) in [4.78, 5) is 49.8. The molecule has 0 spiro atoms. The van der Waals surface area contributed by atoms with E-state index >= 15 is 0 Å². The Bertz CT molecular complexity index is 973. The van der Waals surface area contributed by atoms with E-state index in [1.807, 2.05) is 10.4 Å². The van der Waals surface area contributed by atoms with Crippen molar-refractivity contribution in [3.05, 3.63) is 33.1 Å². The molecule has 164 valence electrons. The molecule has 0 aliphatic carbocycles. The zero-order chi connectivity index (χ0) is 22.6. The van der Waals surface area contributed by atoms with Crippen molar-refractivity contribution in [2.45, 2.75) is 51.7 Å². The van der Waals surface area contributed by atoms with E-state index in [0.717, 1.165) is 16.8 Å². The normalized spacial score (nSPS) is 25.7. The third kappa shape index (κ3) is 4.92. The van der Waals surface area contributed by atoms with Crippen LogP contribution in [0, 0.1) is 23.1 Å². The van der Waals surface area contributed by atoms with Crippen LogP contribution in [0.25, 0.3) is 0 Å². The summed E-state index contributed by atoms with van der Waals surface area (Å²) in [6.07, 6.45) is -3.03. The Balaban J connectivity index is 2.50. The van der Waals surface area contributed by atoms with E-state index in [0.29, 0.717) is 0 Å². The number of carbonyl (C=O) groups excluding carboxylic acids is 2. The summed E-state index contributed by atoms with van der Waals surface area (Å²) < 4.78 is 17.2. The highest BCUT2D eigenvalue weighted by atomic mass is 35.5. The van der Waals surface area contributed by atoms with Crippen LogP contribution in [0.4, 0.5) is 0 Å². The highest BCUT2D eigenvalue weighted by molar-refractivity contribution is 6.30. The van der Waals surface area contributed by atoms with Crippen LogP contribution in [0.5, 0.6) is 0 Å². The Hall–Kier alpha value is -2.61. The number of nitrogens with zero attached hydrogens (tertiary/aromatic N) is 1. The smallest absolute Gasteiger partial charge is 0.330 e. The number of carbonyl (C=O) groups is 2. The first-order chi connectivity index (χ1) is 14.0. The second kappa shape index (κ2) is 9.47. The Labute approximate surface area is 177 Å². The molecule has 0 aromatic carbocycles. The molecule has 0 radical (unpaired) electrons. The summed E-state index contributed by atoms with van der Waals surface area (Å²) in [5, 5.41) is 13.3. The van der Waals surface area contributed by atoms with Crippen LogP contribution < -0.4 is 11.2 Å². The molecule has 4 atom stereocenters. The third-order valence-corrected chi connectivity index (χ3v) is 4.47. The van der Waals surface area contributed by atoms with Gasteiger partial charge in [0, 0.05) is 17.6 Å². The minimum atomic E-state index is -2.27. The predicted octanol–water partition coefficient (Wildman–Crippen LogP) is 0.132. The van der Waals surface area contributed by atoms with Gasteiger partial charge in [0.1, 0.15) is 12.7 Å². The van der Waals surface area contributed by atoms with Gasteiger partial charge in [-0.3, -0.25) is 23.9 Å². The molecule has 1 saturated heterocycles. The minimum Gasteiger partial charge on any atom is -0.463 e. The van der Waals surface area contributed by atoms with Crippen molar-refractivity contribution in [3.8, 4) is 11.3 Å². The lowest BCUT2D eigenvalue weighted by atomic mass is 9.94. The first-order valence-electron chi connectivity index (χ1n) is 9.20. The van der Waals surface area contributed by atoms with Gasteiger partial charge in [-0.2, -0.15) is 0 Å². The largest absolute Gasteiger partial charge is 0.463 e. The van der Waals surface area contributed by atoms with Crippen molar-refractivity contribution >= 4 is 23.5 Å². The van der Waals surface area contributed by atoms with Crippen LogP contribution in [-0.4, -0.2) is 51.0 Å². The zero-order valence-electron chi connectivity index (χ0n) is 16.9. The summed E-state index contributed by atoms with van der Waals surface area (Å²) in [6.45, 7) is 6.05. The van der Waals surface area contributed by atoms with Crippen molar-refractivity contribution in [2.75, 3.05) is 6.61 Å². The number of rotatable bonds is 6. The van der Waals surface area contributed by atoms with Crippen molar-refractivity contribution in [1.29, 1.82) is 0 Å². The summed E-state index contributed by atoms with van der Waals surface area (Å²) in [5.74, 6) is 0.134. The molecule has 11 heteroatoms. The quantitative estimate of drug-likeness (QED) is 0.468. The molecule has 0 bridgehead atoms. The third-order valence-electron chi connectivity index (χ3n) is 4.38. The Morgan fingerprint density at radius 2 is 1.93 bits per heavy atom. The van der Waals surface area contributed by atoms with E-state index < -0.39 is 59.1 Å². The molecule has 1 fully saturated rings. The van der Waals surface area contributed by atoms with Crippen molar-refractivity contribution in [2.24, 2.45) is 11.8 Å². The molecule has 0 amide bonds. The van der Waals surface area contributed by atoms with Gasteiger partial charge in [0.25, 0.3) is 5.56 Å². The molecule has 2 heterocycles. The molecule has 30 heavy (non-hydrogen) atoms. The second-order valence-electron chi connectivity index (χ2n) is 7.39. The molecule has 10 nitrogen and oxygen atoms in total. The van der Waals surface area contributed by atoms with Crippen LogP contribution in [0.1, 0.15) is 33.9 Å². The molecular weight excluding hydrogens is 420 g/mol. The fourth-order valence-corrected chi connectivity index (χ4v) is 2.90. The van der Waals surface area contributed by atoms with Gasteiger partial charge in [-0.05, 0) is 17.5 Å². The number of hydrogen-bond acceptors (Lipinski definition) is 8. The average Bonchev–Trinajstić information content (AvgIpc) is 2.92. The number of aromatic nitrogens is 2. The maximum absolute atomic E-state index is 12.3. The number of aliphatic hydroxyl groups is 1. The first kappa shape index (κ1) is 23.7. The first-order valence-corrected chi connectivity index (χ1v) is 9.58. The average molecular weight is 443 g/mol. The number of aromatic amines is 1. The number of ether oxygens (including phenoxy) is 3. The lowest BCUT2D eigenvalue weighted by molar-refractivity contribution is -0.166. The molecule has 1 aliphatic rings. The Morgan fingerprint density at radius 3 is 2.47 bits per heavy atom. The molecule has 1 aromatic rings. The molecule has 0 saturated carbocycles. The topological polar surface area (TPSA) is 137 Å². The molecular formula is C19H23ClN2O8. The molecule has 1 aromatic heterocycles. The van der Waals surface area contributed by atoms with Crippen LogP contribution in [-0.2, 0) is 23.8 Å². The minimum absolute atomic E-state index is 0.381. The fourth-order valence-electron chi connectivity index (χ4n) is 2.75. The van der Waals surface area contributed by atoms with Crippen LogP contribution in [0.15, 0.2) is 21.9 Å². The number of hydrogen-bond donors (Lipinski definition) is 2. The van der Waals surface area contributed by atoms with E-state index in [1.165, 1.54) is 0 Å². The van der Waals surface area contributed by atoms with Gasteiger partial charge in [-0.15, -0.1) is 0 Å². The van der Waals surface area contributed by atoms with Gasteiger partial charge in [0.15, 0.2) is 12.3 Å². The molecule has 0 unspecified atom stereocenters. The summed E-state index contributed by atoms with van der Waals surface area (Å²) in [6, 6.07) is 1.04. The fraction of sp³-hybridized carbons (Fsp3) is 0.579. The van der Waals surface area contributed by atoms with E-state index in [1.54, 1.807) is 27.7 Å². The second-order valence-corrected chi connectivity index (χ2v) is 7.58. The van der Waals surface area contributed by atoms with E-state index in [4.69, 9.17) is 25.8 Å². The van der Waals surface area contributed by atoms with Crippen LogP contribution in [0.2, 0.25) is 0 Å². The van der Waals surface area contributed by atoms with Gasteiger partial charge < -0.3 is 19.3 Å². The zero-order valence-corrected chi connectivity index (χ0v) is 17.6. The molecule has 2 N–H and O–H groups in total. The maximum Gasteiger partial charge on any atom is 0.330 e. The van der Waals surface area contributed by atoms with Crippen molar-refractivity contribution in [1.82, 2.24) is 9.55 Å². The van der Waals surface area contributed by atoms with Gasteiger partial charge in [-0.25, -0.2) is 4.79 Å². The number of nitrogens with one attached hydrogen (secondary N) is 1. The van der Waals surface area contributed by atoms with Crippen molar-refractivity contribution < 1.29 is 28.9 Å². The number of halogens is 1. The van der Waals surface area contributed by atoms with E-state index in [2.05, 4.69) is 5.92 Å². The standard InChI is InChI=1S/C19H23ClN2O8/c1-10(2)15(24)28-9-12-14(30-16(25)11(3)4)19(27,6-7-20)17(29-12)22-8-5-13(23)21-18(22)26/h5,8,10-12,14,17,27H,9H2,1-4H3,(H,21,23,26)/t12-,14-,17-,19-/m1/s1. The summed E-state index contributed by atoms with van der Waals surface area (Å²) >= 11 is 5.52. The van der Waals surface area contributed by atoms with Gasteiger partial charge in [-0.1, -0.05) is 27.7 Å². The summed E-state index contributed by atoms with van der Waals surface area (Å²) in [5.41, 5.74) is -3.83. The maximum atomic E-state index is 12.3. The van der Waals surface area contributed by atoms with Gasteiger partial charge in [0.2, 0.25) is 5.60 Å². The highest BCUT2D eigenvalue weighted by Gasteiger charge is 2.59. The Kier molecular flexibility index (Phi) is 7.47.